The molecule has 0 aliphatic carbocycles. The average molecular weight is 473 g/mol. The average Bonchev–Trinajstić information content (AvgIpc) is 2.77. The quantitative estimate of drug-likeness (QED) is 0.476. The van der Waals surface area contributed by atoms with Crippen LogP contribution in [0.2, 0.25) is 10.0 Å². The molecule has 0 aromatic heterocycles. The number of benzene rings is 3. The topological polar surface area (TPSA) is 49.4 Å². The predicted octanol–water partition coefficient (Wildman–Crippen LogP) is 5.41. The molecule has 7 heteroatoms. The van der Waals surface area contributed by atoms with E-state index < -0.39 is 6.04 Å². The third-order valence-electron chi connectivity index (χ3n) is 5.09. The van der Waals surface area contributed by atoms with E-state index in [-0.39, 0.29) is 30.7 Å². The van der Waals surface area contributed by atoms with Crippen LogP contribution in [-0.2, 0) is 29.1 Å². The van der Waals surface area contributed by atoms with Gasteiger partial charge in [0.2, 0.25) is 11.8 Å². The zero-order valence-electron chi connectivity index (χ0n) is 17.5. The summed E-state index contributed by atoms with van der Waals surface area (Å²) in [6.45, 7) is 1.80. The Morgan fingerprint density at radius 2 is 1.66 bits per heavy atom. The van der Waals surface area contributed by atoms with Gasteiger partial charge in [0.15, 0.2) is 0 Å². The van der Waals surface area contributed by atoms with Gasteiger partial charge in [-0.3, -0.25) is 9.59 Å². The van der Waals surface area contributed by atoms with Gasteiger partial charge in [0, 0.05) is 36.5 Å². The fourth-order valence-corrected chi connectivity index (χ4v) is 3.85. The lowest BCUT2D eigenvalue weighted by atomic mass is 10.0. The molecular weight excluding hydrogens is 450 g/mol. The molecule has 0 fully saturated rings. The molecule has 0 heterocycles. The number of carbonyl (C=O) groups is 2. The van der Waals surface area contributed by atoms with Crippen molar-refractivity contribution in [1.82, 2.24) is 10.2 Å². The molecule has 2 amide bonds. The predicted molar refractivity (Wildman–Crippen MR) is 125 cm³/mol. The summed E-state index contributed by atoms with van der Waals surface area (Å²) in [6.07, 6.45) is 0.335. The van der Waals surface area contributed by atoms with Crippen molar-refractivity contribution in [2.75, 3.05) is 0 Å². The van der Waals surface area contributed by atoms with Gasteiger partial charge in [-0.25, -0.2) is 4.39 Å². The van der Waals surface area contributed by atoms with Gasteiger partial charge < -0.3 is 10.2 Å². The van der Waals surface area contributed by atoms with E-state index in [1.165, 1.54) is 24.0 Å². The van der Waals surface area contributed by atoms with Crippen LogP contribution in [0.3, 0.4) is 0 Å². The monoisotopic (exact) mass is 472 g/mol. The summed E-state index contributed by atoms with van der Waals surface area (Å²) in [4.78, 5) is 27.3. The lowest BCUT2D eigenvalue weighted by Crippen LogP contribution is -2.49. The van der Waals surface area contributed by atoms with E-state index in [2.05, 4.69) is 5.32 Å². The van der Waals surface area contributed by atoms with Crippen molar-refractivity contribution >= 4 is 35.0 Å². The van der Waals surface area contributed by atoms with E-state index in [9.17, 15) is 14.0 Å². The lowest BCUT2D eigenvalue weighted by molar-refractivity contribution is -0.139. The minimum absolute atomic E-state index is 0.183. The first-order valence-corrected chi connectivity index (χ1v) is 10.9. The van der Waals surface area contributed by atoms with Gasteiger partial charge in [0.25, 0.3) is 0 Å². The molecule has 1 atom stereocenters. The van der Waals surface area contributed by atoms with Gasteiger partial charge in [-0.2, -0.15) is 0 Å². The Bertz CT molecular complexity index is 1080. The van der Waals surface area contributed by atoms with Gasteiger partial charge >= 0.3 is 0 Å². The van der Waals surface area contributed by atoms with Crippen LogP contribution >= 0.6 is 23.2 Å². The molecule has 0 aliphatic rings. The standard InChI is InChI=1S/C25H23Cl2FN2O2/c1-17(31)30(16-19-7-11-22(28)12-8-19)24(13-18-5-3-2-4-6-18)25(32)29-15-20-9-10-21(26)14-23(20)27/h2-12,14,24H,13,15-16H2,1H3,(H,29,32). The maximum absolute atomic E-state index is 13.3. The van der Waals surface area contributed by atoms with Crippen molar-refractivity contribution in [1.29, 1.82) is 0 Å². The highest BCUT2D eigenvalue weighted by Crippen LogP contribution is 2.21. The minimum atomic E-state index is -0.758. The second-order valence-corrected chi connectivity index (χ2v) is 8.28. The molecule has 3 rings (SSSR count). The van der Waals surface area contributed by atoms with Crippen LogP contribution in [0.4, 0.5) is 4.39 Å². The lowest BCUT2D eigenvalue weighted by Gasteiger charge is -2.30. The highest BCUT2D eigenvalue weighted by Gasteiger charge is 2.28. The second-order valence-electron chi connectivity index (χ2n) is 7.43. The summed E-state index contributed by atoms with van der Waals surface area (Å²) >= 11 is 12.2. The number of nitrogens with one attached hydrogen (secondary N) is 1. The van der Waals surface area contributed by atoms with Crippen molar-refractivity contribution in [2.45, 2.75) is 32.5 Å². The highest BCUT2D eigenvalue weighted by molar-refractivity contribution is 6.35. The number of hydrogen-bond donors (Lipinski definition) is 1. The Morgan fingerprint density at radius 1 is 0.969 bits per heavy atom. The molecule has 0 radical (unpaired) electrons. The van der Waals surface area contributed by atoms with E-state index in [1.807, 2.05) is 30.3 Å². The molecule has 3 aromatic rings. The number of amides is 2. The maximum Gasteiger partial charge on any atom is 0.243 e. The Morgan fingerprint density at radius 3 is 2.28 bits per heavy atom. The first-order chi connectivity index (χ1) is 15.3. The van der Waals surface area contributed by atoms with Gasteiger partial charge in [-0.15, -0.1) is 0 Å². The molecular formula is C25H23Cl2FN2O2. The van der Waals surface area contributed by atoms with Crippen molar-refractivity contribution in [3.63, 3.8) is 0 Å². The molecule has 0 aliphatic heterocycles. The molecule has 3 aromatic carbocycles. The minimum Gasteiger partial charge on any atom is -0.350 e. The number of hydrogen-bond acceptors (Lipinski definition) is 2. The van der Waals surface area contributed by atoms with Gasteiger partial charge in [0.05, 0.1) is 0 Å². The molecule has 0 saturated carbocycles. The molecule has 166 valence electrons. The zero-order chi connectivity index (χ0) is 23.1. The molecule has 0 spiro atoms. The summed E-state index contributed by atoms with van der Waals surface area (Å²) in [5.41, 5.74) is 2.37. The fraction of sp³-hybridized carbons (Fsp3) is 0.200. The van der Waals surface area contributed by atoms with Gasteiger partial charge in [0.1, 0.15) is 11.9 Å². The van der Waals surface area contributed by atoms with Crippen LogP contribution in [0.1, 0.15) is 23.6 Å². The fourth-order valence-electron chi connectivity index (χ4n) is 3.37. The Kier molecular flexibility index (Phi) is 8.26. The molecule has 0 bridgehead atoms. The highest BCUT2D eigenvalue weighted by atomic mass is 35.5. The Balaban J connectivity index is 1.83. The molecule has 32 heavy (non-hydrogen) atoms. The maximum atomic E-state index is 13.3. The van der Waals surface area contributed by atoms with Gasteiger partial charge in [-0.1, -0.05) is 71.7 Å². The van der Waals surface area contributed by atoms with Crippen LogP contribution in [0.25, 0.3) is 0 Å². The van der Waals surface area contributed by atoms with Crippen LogP contribution in [0.5, 0.6) is 0 Å². The summed E-state index contributed by atoms with van der Waals surface area (Å²) in [6, 6.07) is 19.7. The van der Waals surface area contributed by atoms with E-state index in [1.54, 1.807) is 30.3 Å². The number of halogens is 3. The normalized spacial score (nSPS) is 11.6. The van der Waals surface area contributed by atoms with Crippen molar-refractivity contribution in [3.8, 4) is 0 Å². The molecule has 1 N–H and O–H groups in total. The van der Waals surface area contributed by atoms with E-state index in [0.29, 0.717) is 16.5 Å². The van der Waals surface area contributed by atoms with Crippen molar-refractivity contribution in [2.24, 2.45) is 0 Å². The Labute approximate surface area is 197 Å². The van der Waals surface area contributed by atoms with Crippen LogP contribution in [-0.4, -0.2) is 22.8 Å². The van der Waals surface area contributed by atoms with Crippen LogP contribution in [0, 0.1) is 5.82 Å². The second kappa shape index (κ2) is 11.1. The Hall–Kier alpha value is -2.89. The third-order valence-corrected chi connectivity index (χ3v) is 5.68. The largest absolute Gasteiger partial charge is 0.350 e. The van der Waals surface area contributed by atoms with Crippen molar-refractivity contribution < 1.29 is 14.0 Å². The first-order valence-electron chi connectivity index (χ1n) is 10.1. The van der Waals surface area contributed by atoms with E-state index >= 15 is 0 Å². The zero-order valence-corrected chi connectivity index (χ0v) is 19.0. The summed E-state index contributed by atoms with van der Waals surface area (Å²) < 4.78 is 13.3. The number of carbonyl (C=O) groups excluding carboxylic acids is 2. The first kappa shape index (κ1) is 23.8. The molecule has 4 nitrogen and oxygen atoms in total. The summed E-state index contributed by atoms with van der Waals surface area (Å²) in [5, 5.41) is 3.85. The summed E-state index contributed by atoms with van der Waals surface area (Å²) in [7, 11) is 0. The van der Waals surface area contributed by atoms with E-state index in [4.69, 9.17) is 23.2 Å². The smallest absolute Gasteiger partial charge is 0.243 e. The van der Waals surface area contributed by atoms with Gasteiger partial charge in [-0.05, 0) is 41.0 Å². The molecule has 1 unspecified atom stereocenters. The third kappa shape index (κ3) is 6.55. The number of nitrogens with zero attached hydrogens (tertiary/aromatic N) is 1. The molecule has 0 saturated heterocycles. The summed E-state index contributed by atoms with van der Waals surface area (Å²) in [5.74, 6) is -0.923. The van der Waals surface area contributed by atoms with Crippen LogP contribution < -0.4 is 5.32 Å². The van der Waals surface area contributed by atoms with Crippen LogP contribution in [0.15, 0.2) is 72.8 Å². The number of rotatable bonds is 8. The SMILES string of the molecule is CC(=O)N(Cc1ccc(F)cc1)C(Cc1ccccc1)C(=O)NCc1ccc(Cl)cc1Cl. The van der Waals surface area contributed by atoms with E-state index in [0.717, 1.165) is 16.7 Å². The van der Waals surface area contributed by atoms with Crippen molar-refractivity contribution in [3.05, 3.63) is 105 Å².